The zero-order valence-corrected chi connectivity index (χ0v) is 9.37. The van der Waals surface area contributed by atoms with Gasteiger partial charge in [0.1, 0.15) is 12.0 Å². The predicted molar refractivity (Wildman–Crippen MR) is 60.1 cm³/mol. The van der Waals surface area contributed by atoms with Gasteiger partial charge in [-0.05, 0) is 12.5 Å². The molecule has 2 aromatic heterocycles. The molecule has 2 rings (SSSR count). The van der Waals surface area contributed by atoms with Gasteiger partial charge in [0.15, 0.2) is 5.69 Å². The van der Waals surface area contributed by atoms with Gasteiger partial charge in [-0.15, -0.1) is 0 Å². The van der Waals surface area contributed by atoms with Crippen LogP contribution >= 0.6 is 0 Å². The summed E-state index contributed by atoms with van der Waals surface area (Å²) in [5, 5.41) is 13.0. The van der Waals surface area contributed by atoms with Gasteiger partial charge in [-0.1, -0.05) is 13.3 Å². The van der Waals surface area contributed by atoms with Crippen LogP contribution in [0.2, 0.25) is 0 Å². The van der Waals surface area contributed by atoms with Gasteiger partial charge in [-0.3, -0.25) is 0 Å². The molecule has 1 N–H and O–H groups in total. The van der Waals surface area contributed by atoms with Crippen LogP contribution in [0.15, 0.2) is 24.8 Å². The smallest absolute Gasteiger partial charge is 0.356 e. The van der Waals surface area contributed by atoms with Gasteiger partial charge in [0.25, 0.3) is 0 Å². The highest BCUT2D eigenvalue weighted by molar-refractivity contribution is 5.85. The number of aryl methyl sites for hydroxylation is 1. The summed E-state index contributed by atoms with van der Waals surface area (Å²) in [6.45, 7) is 2.03. The van der Waals surface area contributed by atoms with Crippen molar-refractivity contribution in [3.8, 4) is 5.69 Å². The standard InChI is InChI=1S/C11H12N4O2/c1-2-3-8-4-10(11(16)17)14-15(8)9-5-12-7-13-6-9/h4-7H,2-3H2,1H3,(H,16,17). The minimum absolute atomic E-state index is 0.0392. The summed E-state index contributed by atoms with van der Waals surface area (Å²) >= 11 is 0. The van der Waals surface area contributed by atoms with Crippen molar-refractivity contribution in [2.24, 2.45) is 0 Å². The van der Waals surface area contributed by atoms with E-state index in [0.29, 0.717) is 5.69 Å². The van der Waals surface area contributed by atoms with Crippen molar-refractivity contribution < 1.29 is 9.90 Å². The van der Waals surface area contributed by atoms with Gasteiger partial charge in [-0.2, -0.15) is 5.10 Å². The quantitative estimate of drug-likeness (QED) is 0.859. The third-order valence-corrected chi connectivity index (χ3v) is 2.30. The molecular weight excluding hydrogens is 220 g/mol. The van der Waals surface area contributed by atoms with E-state index in [-0.39, 0.29) is 5.69 Å². The third-order valence-electron chi connectivity index (χ3n) is 2.30. The number of carbonyl (C=O) groups is 1. The van der Waals surface area contributed by atoms with Crippen LogP contribution in [0.25, 0.3) is 5.69 Å². The van der Waals surface area contributed by atoms with Crippen molar-refractivity contribution in [1.82, 2.24) is 19.7 Å². The molecule has 0 fully saturated rings. The van der Waals surface area contributed by atoms with Crippen LogP contribution in [0.4, 0.5) is 0 Å². The van der Waals surface area contributed by atoms with E-state index < -0.39 is 5.97 Å². The fourth-order valence-corrected chi connectivity index (χ4v) is 1.58. The monoisotopic (exact) mass is 232 g/mol. The van der Waals surface area contributed by atoms with Crippen LogP contribution in [0.3, 0.4) is 0 Å². The van der Waals surface area contributed by atoms with E-state index in [9.17, 15) is 4.79 Å². The third kappa shape index (κ3) is 2.30. The number of nitrogens with zero attached hydrogens (tertiary/aromatic N) is 4. The van der Waals surface area contributed by atoms with Crippen LogP contribution < -0.4 is 0 Å². The van der Waals surface area contributed by atoms with E-state index in [1.54, 1.807) is 23.1 Å². The highest BCUT2D eigenvalue weighted by atomic mass is 16.4. The summed E-state index contributed by atoms with van der Waals surface area (Å²) in [4.78, 5) is 18.7. The topological polar surface area (TPSA) is 80.9 Å². The molecule has 0 aliphatic rings. The lowest BCUT2D eigenvalue weighted by Gasteiger charge is -2.04. The first-order valence-corrected chi connectivity index (χ1v) is 5.30. The maximum atomic E-state index is 10.9. The van der Waals surface area contributed by atoms with E-state index in [4.69, 9.17) is 5.11 Å². The molecule has 0 unspecified atom stereocenters. The first-order chi connectivity index (χ1) is 8.22. The Hall–Kier alpha value is -2.24. The van der Waals surface area contributed by atoms with Gasteiger partial charge < -0.3 is 5.11 Å². The summed E-state index contributed by atoms with van der Waals surface area (Å²) in [7, 11) is 0. The molecule has 0 aromatic carbocycles. The van der Waals surface area contributed by atoms with Gasteiger partial charge in [-0.25, -0.2) is 19.4 Å². The number of hydrogen-bond acceptors (Lipinski definition) is 4. The van der Waals surface area contributed by atoms with Crippen LogP contribution in [0, 0.1) is 0 Å². The average molecular weight is 232 g/mol. The van der Waals surface area contributed by atoms with Crippen molar-refractivity contribution in [3.05, 3.63) is 36.2 Å². The normalized spacial score (nSPS) is 10.4. The van der Waals surface area contributed by atoms with E-state index >= 15 is 0 Å². The van der Waals surface area contributed by atoms with Gasteiger partial charge in [0.2, 0.25) is 0 Å². The molecule has 6 heteroatoms. The molecule has 0 aliphatic heterocycles. The maximum absolute atomic E-state index is 10.9. The SMILES string of the molecule is CCCc1cc(C(=O)O)nn1-c1cncnc1. The van der Waals surface area contributed by atoms with Crippen LogP contribution in [-0.2, 0) is 6.42 Å². The Balaban J connectivity index is 2.48. The summed E-state index contributed by atoms with van der Waals surface area (Å²) in [6, 6.07) is 1.58. The maximum Gasteiger partial charge on any atom is 0.356 e. The average Bonchev–Trinajstić information content (AvgIpc) is 2.75. The predicted octanol–water partition coefficient (Wildman–Crippen LogP) is 1.31. The van der Waals surface area contributed by atoms with E-state index in [1.807, 2.05) is 6.92 Å². The Bertz CT molecular complexity index is 522. The molecule has 17 heavy (non-hydrogen) atoms. The van der Waals surface area contributed by atoms with E-state index in [0.717, 1.165) is 18.5 Å². The summed E-state index contributed by atoms with van der Waals surface area (Å²) in [5.41, 5.74) is 1.56. The van der Waals surface area contributed by atoms with Crippen molar-refractivity contribution in [2.75, 3.05) is 0 Å². The molecule has 0 aliphatic carbocycles. The number of aromatic nitrogens is 4. The lowest BCUT2D eigenvalue weighted by Crippen LogP contribution is -2.04. The molecule has 0 amide bonds. The zero-order chi connectivity index (χ0) is 12.3. The number of carboxylic acid groups (broad SMARTS) is 1. The Labute approximate surface area is 98.0 Å². The van der Waals surface area contributed by atoms with Crippen LogP contribution in [0.5, 0.6) is 0 Å². The molecule has 0 bridgehead atoms. The van der Waals surface area contributed by atoms with Gasteiger partial charge >= 0.3 is 5.97 Å². The molecular formula is C11H12N4O2. The second-order valence-electron chi connectivity index (χ2n) is 3.58. The number of rotatable bonds is 4. The fourth-order valence-electron chi connectivity index (χ4n) is 1.58. The second kappa shape index (κ2) is 4.73. The lowest BCUT2D eigenvalue weighted by molar-refractivity contribution is 0.0690. The summed E-state index contributed by atoms with van der Waals surface area (Å²) in [6.07, 6.45) is 6.30. The fraction of sp³-hybridized carbons (Fsp3) is 0.273. The molecule has 0 saturated heterocycles. The van der Waals surface area contributed by atoms with Crippen molar-refractivity contribution in [3.63, 3.8) is 0 Å². The molecule has 0 atom stereocenters. The zero-order valence-electron chi connectivity index (χ0n) is 9.37. The molecule has 0 spiro atoms. The lowest BCUT2D eigenvalue weighted by atomic mass is 10.2. The molecule has 0 saturated carbocycles. The number of aromatic carboxylic acids is 1. The number of hydrogen-bond donors (Lipinski definition) is 1. The number of carboxylic acids is 1. The molecule has 2 heterocycles. The Morgan fingerprint density at radius 1 is 1.41 bits per heavy atom. The highest BCUT2D eigenvalue weighted by Crippen LogP contribution is 2.12. The van der Waals surface area contributed by atoms with Crippen molar-refractivity contribution in [2.45, 2.75) is 19.8 Å². The van der Waals surface area contributed by atoms with Gasteiger partial charge in [0.05, 0.1) is 12.4 Å². The molecule has 2 aromatic rings. The Morgan fingerprint density at radius 3 is 2.71 bits per heavy atom. The van der Waals surface area contributed by atoms with Crippen LogP contribution in [-0.4, -0.2) is 30.8 Å². The minimum atomic E-state index is -1.03. The van der Waals surface area contributed by atoms with Crippen molar-refractivity contribution >= 4 is 5.97 Å². The highest BCUT2D eigenvalue weighted by Gasteiger charge is 2.13. The van der Waals surface area contributed by atoms with Crippen molar-refractivity contribution in [1.29, 1.82) is 0 Å². The molecule has 6 nitrogen and oxygen atoms in total. The second-order valence-corrected chi connectivity index (χ2v) is 3.58. The Kier molecular flexibility index (Phi) is 3.13. The molecule has 0 radical (unpaired) electrons. The largest absolute Gasteiger partial charge is 0.476 e. The van der Waals surface area contributed by atoms with E-state index in [1.165, 1.54) is 6.33 Å². The van der Waals surface area contributed by atoms with E-state index in [2.05, 4.69) is 15.1 Å². The van der Waals surface area contributed by atoms with Gasteiger partial charge in [0, 0.05) is 5.69 Å². The Morgan fingerprint density at radius 2 is 2.12 bits per heavy atom. The summed E-state index contributed by atoms with van der Waals surface area (Å²) < 4.78 is 1.58. The minimum Gasteiger partial charge on any atom is -0.476 e. The van der Waals surface area contributed by atoms with Crippen LogP contribution in [0.1, 0.15) is 29.5 Å². The molecule has 88 valence electrons. The first kappa shape index (κ1) is 11.3. The summed E-state index contributed by atoms with van der Waals surface area (Å²) in [5.74, 6) is -1.03. The first-order valence-electron chi connectivity index (χ1n) is 5.30.